The molecule has 110 valence electrons. The minimum atomic E-state index is -1.13. The van der Waals surface area contributed by atoms with Crippen LogP contribution in [0.2, 0.25) is 0 Å². The Bertz CT molecular complexity index is 594. The molecule has 0 saturated heterocycles. The number of carbonyl (C=O) groups is 1. The van der Waals surface area contributed by atoms with Crippen molar-refractivity contribution in [1.29, 1.82) is 0 Å². The molecule has 1 atom stereocenters. The molecule has 0 aromatic heterocycles. The van der Waals surface area contributed by atoms with Gasteiger partial charge in [0.15, 0.2) is 0 Å². The lowest BCUT2D eigenvalue weighted by Crippen LogP contribution is -2.39. The largest absolute Gasteiger partial charge is 0.384 e. The predicted octanol–water partition coefficient (Wildman–Crippen LogP) is 2.39. The van der Waals surface area contributed by atoms with Crippen molar-refractivity contribution < 1.29 is 14.3 Å². The molecule has 2 rings (SSSR count). The Kier molecular flexibility index (Phi) is 4.70. The van der Waals surface area contributed by atoms with E-state index in [9.17, 15) is 14.3 Å². The van der Waals surface area contributed by atoms with Crippen LogP contribution in [0.15, 0.2) is 54.6 Å². The van der Waals surface area contributed by atoms with Crippen molar-refractivity contribution in [3.8, 4) is 0 Å². The molecule has 0 bridgehead atoms. The minimum Gasteiger partial charge on any atom is -0.384 e. The summed E-state index contributed by atoms with van der Waals surface area (Å²) in [4.78, 5) is 11.9. The second-order valence-electron chi connectivity index (χ2n) is 5.22. The van der Waals surface area contributed by atoms with Crippen molar-refractivity contribution in [3.63, 3.8) is 0 Å². The molecule has 4 heteroatoms. The maximum Gasteiger partial charge on any atom is 0.224 e. The van der Waals surface area contributed by atoms with E-state index in [1.807, 2.05) is 30.3 Å². The molecule has 0 aliphatic rings. The van der Waals surface area contributed by atoms with Gasteiger partial charge >= 0.3 is 0 Å². The number of halogens is 1. The Morgan fingerprint density at radius 1 is 1.14 bits per heavy atom. The van der Waals surface area contributed by atoms with Crippen LogP contribution in [-0.2, 0) is 16.8 Å². The van der Waals surface area contributed by atoms with Crippen LogP contribution in [-0.4, -0.2) is 17.6 Å². The third-order valence-corrected chi connectivity index (χ3v) is 3.30. The van der Waals surface area contributed by atoms with Crippen LogP contribution in [0, 0.1) is 5.82 Å². The van der Waals surface area contributed by atoms with Crippen molar-refractivity contribution in [2.75, 3.05) is 6.54 Å². The molecular formula is C17H18FNO2. The Balaban J connectivity index is 1.90. The highest BCUT2D eigenvalue weighted by Gasteiger charge is 2.23. The summed E-state index contributed by atoms with van der Waals surface area (Å²) in [5.74, 6) is -0.538. The lowest BCUT2D eigenvalue weighted by atomic mass is 9.96. The quantitative estimate of drug-likeness (QED) is 0.887. The summed E-state index contributed by atoms with van der Waals surface area (Å²) in [5.41, 5.74) is 0.347. The lowest BCUT2D eigenvalue weighted by Gasteiger charge is -2.24. The van der Waals surface area contributed by atoms with Gasteiger partial charge in [0.05, 0.1) is 13.0 Å². The van der Waals surface area contributed by atoms with Gasteiger partial charge < -0.3 is 10.4 Å². The van der Waals surface area contributed by atoms with Gasteiger partial charge in [-0.25, -0.2) is 4.39 Å². The van der Waals surface area contributed by atoms with Crippen molar-refractivity contribution >= 4 is 5.91 Å². The Morgan fingerprint density at radius 2 is 1.76 bits per heavy atom. The monoisotopic (exact) mass is 287 g/mol. The van der Waals surface area contributed by atoms with E-state index >= 15 is 0 Å². The number of hydrogen-bond acceptors (Lipinski definition) is 2. The summed E-state index contributed by atoms with van der Waals surface area (Å²) in [7, 11) is 0. The van der Waals surface area contributed by atoms with E-state index in [1.165, 1.54) is 12.1 Å². The van der Waals surface area contributed by atoms with E-state index in [1.54, 1.807) is 19.1 Å². The lowest BCUT2D eigenvalue weighted by molar-refractivity contribution is -0.121. The molecule has 1 unspecified atom stereocenters. The summed E-state index contributed by atoms with van der Waals surface area (Å²) in [6, 6.07) is 15.0. The Hall–Kier alpha value is -2.20. The van der Waals surface area contributed by atoms with E-state index in [4.69, 9.17) is 0 Å². The first-order valence-electron chi connectivity index (χ1n) is 6.76. The zero-order chi connectivity index (χ0) is 15.3. The highest BCUT2D eigenvalue weighted by atomic mass is 19.1. The normalized spacial score (nSPS) is 13.5. The first kappa shape index (κ1) is 15.2. The van der Waals surface area contributed by atoms with Gasteiger partial charge in [-0.3, -0.25) is 4.79 Å². The van der Waals surface area contributed by atoms with Crippen molar-refractivity contribution in [2.24, 2.45) is 0 Å². The standard InChI is InChI=1S/C17H18FNO2/c1-17(21,14-5-3-2-4-6-14)12-19-16(20)11-13-7-9-15(18)10-8-13/h2-10,21H,11-12H2,1H3,(H,19,20). The summed E-state index contributed by atoms with van der Waals surface area (Å²) in [6.07, 6.45) is 0.158. The fraction of sp³-hybridized carbons (Fsp3) is 0.235. The van der Waals surface area contributed by atoms with E-state index in [2.05, 4.69) is 5.32 Å². The fourth-order valence-electron chi connectivity index (χ4n) is 2.02. The molecule has 2 N–H and O–H groups in total. The Morgan fingerprint density at radius 3 is 2.38 bits per heavy atom. The highest BCUT2D eigenvalue weighted by Crippen LogP contribution is 2.18. The van der Waals surface area contributed by atoms with Crippen LogP contribution in [0.25, 0.3) is 0 Å². The summed E-state index contributed by atoms with van der Waals surface area (Å²) in [5, 5.41) is 13.1. The smallest absolute Gasteiger partial charge is 0.224 e. The molecule has 0 spiro atoms. The molecular weight excluding hydrogens is 269 g/mol. The maximum atomic E-state index is 12.8. The molecule has 0 saturated carbocycles. The van der Waals surface area contributed by atoms with E-state index in [0.29, 0.717) is 0 Å². The third-order valence-electron chi connectivity index (χ3n) is 3.30. The summed E-state index contributed by atoms with van der Waals surface area (Å²) in [6.45, 7) is 1.78. The molecule has 0 aliphatic heterocycles. The van der Waals surface area contributed by atoms with Gasteiger partial charge in [0.2, 0.25) is 5.91 Å². The van der Waals surface area contributed by atoms with Crippen LogP contribution in [0.5, 0.6) is 0 Å². The van der Waals surface area contributed by atoms with Crippen molar-refractivity contribution in [2.45, 2.75) is 18.9 Å². The van der Waals surface area contributed by atoms with Gasteiger partial charge in [0, 0.05) is 0 Å². The number of benzene rings is 2. The molecule has 3 nitrogen and oxygen atoms in total. The second kappa shape index (κ2) is 6.50. The molecule has 2 aromatic rings. The topological polar surface area (TPSA) is 49.3 Å². The minimum absolute atomic E-state index is 0.122. The van der Waals surface area contributed by atoms with Crippen molar-refractivity contribution in [1.82, 2.24) is 5.32 Å². The van der Waals surface area contributed by atoms with Gasteiger partial charge in [0.1, 0.15) is 11.4 Å². The molecule has 1 amide bonds. The second-order valence-corrected chi connectivity index (χ2v) is 5.22. The number of nitrogens with one attached hydrogen (secondary N) is 1. The van der Waals surface area contributed by atoms with Gasteiger partial charge in [-0.2, -0.15) is 0 Å². The first-order chi connectivity index (χ1) is 9.97. The number of hydrogen-bond donors (Lipinski definition) is 2. The van der Waals surface area contributed by atoms with Crippen LogP contribution in [0.3, 0.4) is 0 Å². The molecule has 0 radical (unpaired) electrons. The summed E-state index contributed by atoms with van der Waals surface area (Å²) >= 11 is 0. The molecule has 0 aliphatic carbocycles. The average Bonchev–Trinajstić information content (AvgIpc) is 2.49. The average molecular weight is 287 g/mol. The third kappa shape index (κ3) is 4.39. The van der Waals surface area contributed by atoms with Crippen LogP contribution < -0.4 is 5.32 Å². The van der Waals surface area contributed by atoms with Crippen LogP contribution in [0.4, 0.5) is 4.39 Å². The van der Waals surface area contributed by atoms with E-state index in [-0.39, 0.29) is 24.7 Å². The van der Waals surface area contributed by atoms with Gasteiger partial charge in [-0.1, -0.05) is 42.5 Å². The zero-order valence-electron chi connectivity index (χ0n) is 11.8. The predicted molar refractivity (Wildman–Crippen MR) is 79.1 cm³/mol. The van der Waals surface area contributed by atoms with E-state index < -0.39 is 5.60 Å². The molecule has 0 heterocycles. The van der Waals surface area contributed by atoms with Gasteiger partial charge in [0.25, 0.3) is 0 Å². The highest BCUT2D eigenvalue weighted by molar-refractivity contribution is 5.78. The molecule has 21 heavy (non-hydrogen) atoms. The number of aliphatic hydroxyl groups is 1. The number of rotatable bonds is 5. The maximum absolute atomic E-state index is 12.8. The molecule has 2 aromatic carbocycles. The summed E-state index contributed by atoms with van der Waals surface area (Å²) < 4.78 is 12.8. The number of carbonyl (C=O) groups excluding carboxylic acids is 1. The van der Waals surface area contributed by atoms with Gasteiger partial charge in [-0.15, -0.1) is 0 Å². The number of amides is 1. The van der Waals surface area contributed by atoms with Crippen LogP contribution in [0.1, 0.15) is 18.1 Å². The molecule has 0 fully saturated rings. The van der Waals surface area contributed by atoms with Gasteiger partial charge in [-0.05, 0) is 30.2 Å². The Labute approximate surface area is 123 Å². The fourth-order valence-corrected chi connectivity index (χ4v) is 2.02. The SMILES string of the molecule is CC(O)(CNC(=O)Cc1ccc(F)cc1)c1ccccc1. The van der Waals surface area contributed by atoms with Crippen LogP contribution >= 0.6 is 0 Å². The first-order valence-corrected chi connectivity index (χ1v) is 6.76. The van der Waals surface area contributed by atoms with Crippen molar-refractivity contribution in [3.05, 3.63) is 71.5 Å². The van der Waals surface area contributed by atoms with E-state index in [0.717, 1.165) is 11.1 Å². The zero-order valence-corrected chi connectivity index (χ0v) is 11.8.